The van der Waals surface area contributed by atoms with Crippen LogP contribution in [0.3, 0.4) is 0 Å². The van der Waals surface area contributed by atoms with Gasteiger partial charge in [-0.3, -0.25) is 4.98 Å². The zero-order valence-corrected chi connectivity index (χ0v) is 12.0. The summed E-state index contributed by atoms with van der Waals surface area (Å²) in [5, 5.41) is 3.38. The molecule has 0 aliphatic carbocycles. The van der Waals surface area contributed by atoms with Gasteiger partial charge in [0.2, 0.25) is 0 Å². The highest BCUT2D eigenvalue weighted by atomic mass is 32.2. The molecule has 0 fully saturated rings. The van der Waals surface area contributed by atoms with E-state index in [1.54, 1.807) is 11.8 Å². The third-order valence-electron chi connectivity index (χ3n) is 3.04. The number of hydrogen-bond donors (Lipinski definition) is 1. The SMILES string of the molecule is CSc1cccc(NCc2cnc3ccccc3n2)c1. The van der Waals surface area contributed by atoms with E-state index in [1.807, 2.05) is 30.5 Å². The molecule has 100 valence electrons. The molecule has 0 saturated carbocycles. The van der Waals surface area contributed by atoms with E-state index in [0.29, 0.717) is 6.54 Å². The minimum Gasteiger partial charge on any atom is -0.379 e. The highest BCUT2D eigenvalue weighted by Gasteiger charge is 2.00. The number of aromatic nitrogens is 2. The quantitative estimate of drug-likeness (QED) is 0.734. The second-order valence-electron chi connectivity index (χ2n) is 4.44. The van der Waals surface area contributed by atoms with Crippen molar-refractivity contribution in [3.8, 4) is 0 Å². The molecule has 0 saturated heterocycles. The van der Waals surface area contributed by atoms with E-state index < -0.39 is 0 Å². The molecule has 0 aliphatic heterocycles. The summed E-state index contributed by atoms with van der Waals surface area (Å²) in [5.74, 6) is 0. The summed E-state index contributed by atoms with van der Waals surface area (Å²) in [7, 11) is 0. The fourth-order valence-electron chi connectivity index (χ4n) is 2.01. The summed E-state index contributed by atoms with van der Waals surface area (Å²) < 4.78 is 0. The van der Waals surface area contributed by atoms with Gasteiger partial charge >= 0.3 is 0 Å². The molecule has 0 radical (unpaired) electrons. The highest BCUT2D eigenvalue weighted by Crippen LogP contribution is 2.19. The minimum atomic E-state index is 0.676. The van der Waals surface area contributed by atoms with Gasteiger partial charge in [-0.25, -0.2) is 4.98 Å². The Morgan fingerprint density at radius 1 is 1.05 bits per heavy atom. The van der Waals surface area contributed by atoms with Crippen LogP contribution in [0.1, 0.15) is 5.69 Å². The molecule has 1 N–H and O–H groups in total. The van der Waals surface area contributed by atoms with Crippen LogP contribution in [0.2, 0.25) is 0 Å². The van der Waals surface area contributed by atoms with Crippen LogP contribution in [0, 0.1) is 0 Å². The second-order valence-corrected chi connectivity index (χ2v) is 5.32. The Morgan fingerprint density at radius 3 is 2.75 bits per heavy atom. The highest BCUT2D eigenvalue weighted by molar-refractivity contribution is 7.98. The van der Waals surface area contributed by atoms with E-state index in [-0.39, 0.29) is 0 Å². The molecule has 0 spiro atoms. The van der Waals surface area contributed by atoms with Crippen LogP contribution in [0.15, 0.2) is 59.6 Å². The molecule has 1 aromatic heterocycles. The Hall–Kier alpha value is -2.07. The van der Waals surface area contributed by atoms with E-state index in [9.17, 15) is 0 Å². The summed E-state index contributed by atoms with van der Waals surface area (Å²) in [4.78, 5) is 10.3. The second kappa shape index (κ2) is 5.92. The first-order chi connectivity index (χ1) is 9.85. The van der Waals surface area contributed by atoms with Crippen molar-refractivity contribution in [2.45, 2.75) is 11.4 Å². The van der Waals surface area contributed by atoms with Gasteiger partial charge in [0.05, 0.1) is 29.5 Å². The van der Waals surface area contributed by atoms with E-state index in [4.69, 9.17) is 0 Å². The van der Waals surface area contributed by atoms with Crippen LogP contribution in [0.4, 0.5) is 5.69 Å². The first kappa shape index (κ1) is 12.9. The van der Waals surface area contributed by atoms with Crippen molar-refractivity contribution in [3.63, 3.8) is 0 Å². The molecule has 2 aromatic carbocycles. The molecule has 3 nitrogen and oxygen atoms in total. The van der Waals surface area contributed by atoms with Gasteiger partial charge < -0.3 is 5.32 Å². The molecular formula is C16H15N3S. The van der Waals surface area contributed by atoms with Gasteiger partial charge in [0, 0.05) is 10.6 Å². The number of hydrogen-bond acceptors (Lipinski definition) is 4. The van der Waals surface area contributed by atoms with Crippen molar-refractivity contribution in [3.05, 3.63) is 60.4 Å². The smallest absolute Gasteiger partial charge is 0.0890 e. The van der Waals surface area contributed by atoms with Crippen molar-refractivity contribution >= 4 is 28.5 Å². The minimum absolute atomic E-state index is 0.676. The van der Waals surface area contributed by atoms with Crippen LogP contribution < -0.4 is 5.32 Å². The maximum Gasteiger partial charge on any atom is 0.0890 e. The van der Waals surface area contributed by atoms with Gasteiger partial charge in [-0.2, -0.15) is 0 Å². The van der Waals surface area contributed by atoms with Crippen molar-refractivity contribution in [1.29, 1.82) is 0 Å². The standard InChI is InChI=1S/C16H15N3S/c1-20-14-6-4-5-12(9-14)17-10-13-11-18-15-7-2-3-8-16(15)19-13/h2-9,11,17H,10H2,1H3. The van der Waals surface area contributed by atoms with E-state index in [2.05, 4.69) is 45.8 Å². The third-order valence-corrected chi connectivity index (χ3v) is 3.77. The first-order valence-electron chi connectivity index (χ1n) is 6.44. The van der Waals surface area contributed by atoms with Gasteiger partial charge in [0.1, 0.15) is 0 Å². The zero-order valence-electron chi connectivity index (χ0n) is 11.2. The third kappa shape index (κ3) is 2.91. The Balaban J connectivity index is 1.76. The van der Waals surface area contributed by atoms with Gasteiger partial charge in [-0.15, -0.1) is 11.8 Å². The Kier molecular flexibility index (Phi) is 3.83. The van der Waals surface area contributed by atoms with Crippen LogP contribution >= 0.6 is 11.8 Å². The van der Waals surface area contributed by atoms with Crippen molar-refractivity contribution in [2.24, 2.45) is 0 Å². The van der Waals surface area contributed by atoms with E-state index >= 15 is 0 Å². The molecule has 1 heterocycles. The number of para-hydroxylation sites is 2. The number of nitrogens with one attached hydrogen (secondary N) is 1. The van der Waals surface area contributed by atoms with E-state index in [1.165, 1.54) is 4.90 Å². The average molecular weight is 281 g/mol. The lowest BCUT2D eigenvalue weighted by molar-refractivity contribution is 1.04. The van der Waals surface area contributed by atoms with Gasteiger partial charge in [0.15, 0.2) is 0 Å². The molecule has 3 aromatic rings. The summed E-state index contributed by atoms with van der Waals surface area (Å²) >= 11 is 1.74. The van der Waals surface area contributed by atoms with Crippen molar-refractivity contribution in [2.75, 3.05) is 11.6 Å². The number of benzene rings is 2. The predicted octanol–water partition coefficient (Wildman–Crippen LogP) is 3.96. The molecule has 0 aliphatic rings. The average Bonchev–Trinajstić information content (AvgIpc) is 2.53. The number of nitrogens with zero attached hydrogens (tertiary/aromatic N) is 2. The predicted molar refractivity (Wildman–Crippen MR) is 85.1 cm³/mol. The fourth-order valence-corrected chi connectivity index (χ4v) is 2.47. The van der Waals surface area contributed by atoms with Gasteiger partial charge in [-0.1, -0.05) is 18.2 Å². The lowest BCUT2D eigenvalue weighted by atomic mass is 10.3. The maximum atomic E-state index is 4.60. The number of rotatable bonds is 4. The van der Waals surface area contributed by atoms with Crippen LogP contribution in [-0.4, -0.2) is 16.2 Å². The topological polar surface area (TPSA) is 37.8 Å². The van der Waals surface area contributed by atoms with Crippen molar-refractivity contribution in [1.82, 2.24) is 9.97 Å². The molecule has 0 bridgehead atoms. The summed E-state index contributed by atoms with van der Waals surface area (Å²) in [6, 6.07) is 16.3. The number of anilines is 1. The monoisotopic (exact) mass is 281 g/mol. The Morgan fingerprint density at radius 2 is 1.90 bits per heavy atom. The van der Waals surface area contributed by atoms with Crippen LogP contribution in [0.25, 0.3) is 11.0 Å². The number of fused-ring (bicyclic) bond motifs is 1. The first-order valence-corrected chi connectivity index (χ1v) is 7.66. The largest absolute Gasteiger partial charge is 0.379 e. The summed E-state index contributed by atoms with van der Waals surface area (Å²) in [6.07, 6.45) is 3.90. The van der Waals surface area contributed by atoms with Crippen LogP contribution in [-0.2, 0) is 6.54 Å². The molecule has 20 heavy (non-hydrogen) atoms. The maximum absolute atomic E-state index is 4.60. The molecule has 0 unspecified atom stereocenters. The Labute approximate surface area is 122 Å². The fraction of sp³-hybridized carbons (Fsp3) is 0.125. The molecule has 3 rings (SSSR count). The van der Waals surface area contributed by atoms with Crippen LogP contribution in [0.5, 0.6) is 0 Å². The van der Waals surface area contributed by atoms with Gasteiger partial charge in [0.25, 0.3) is 0 Å². The molecule has 0 amide bonds. The Bertz CT molecular complexity index is 727. The molecule has 4 heteroatoms. The lowest BCUT2D eigenvalue weighted by Gasteiger charge is -2.07. The summed E-state index contributed by atoms with van der Waals surface area (Å²) in [6.45, 7) is 0.676. The van der Waals surface area contributed by atoms with E-state index in [0.717, 1.165) is 22.4 Å². The zero-order chi connectivity index (χ0) is 13.8. The lowest BCUT2D eigenvalue weighted by Crippen LogP contribution is -2.02. The number of thioether (sulfide) groups is 1. The van der Waals surface area contributed by atoms with Gasteiger partial charge in [-0.05, 0) is 36.6 Å². The summed E-state index contributed by atoms with van der Waals surface area (Å²) in [5.41, 5.74) is 3.91. The van der Waals surface area contributed by atoms with Crippen molar-refractivity contribution < 1.29 is 0 Å². The normalized spacial score (nSPS) is 10.7. The molecule has 0 atom stereocenters. The molecular weight excluding hydrogens is 266 g/mol.